The third-order valence-corrected chi connectivity index (χ3v) is 26.1. The molecule has 7 nitrogen and oxygen atoms in total. The zero-order valence-corrected chi connectivity index (χ0v) is 39.4. The van der Waals surface area contributed by atoms with E-state index >= 15 is 0 Å². The molecule has 1 aliphatic heterocycles. The summed E-state index contributed by atoms with van der Waals surface area (Å²) in [5.41, 5.74) is 1.02. The van der Waals surface area contributed by atoms with Crippen molar-refractivity contribution in [3.05, 3.63) is 29.8 Å². The van der Waals surface area contributed by atoms with Gasteiger partial charge in [0.2, 0.25) is 0 Å². The summed E-state index contributed by atoms with van der Waals surface area (Å²) in [6.07, 6.45) is 6.02. The number of hydrogen-bond acceptors (Lipinski definition) is 7. The second-order valence-electron chi connectivity index (χ2n) is 20.1. The molecule has 52 heavy (non-hydrogen) atoms. The van der Waals surface area contributed by atoms with Crippen LogP contribution in [0.3, 0.4) is 0 Å². The van der Waals surface area contributed by atoms with Crippen LogP contribution in [-0.4, -0.2) is 80.4 Å². The smallest absolute Gasteiger partial charge is 0.192 e. The summed E-state index contributed by atoms with van der Waals surface area (Å²) in [5, 5.41) is 11.7. The Labute approximate surface area is 323 Å². The number of aliphatic hydroxyl groups is 1. The second-order valence-corrected chi connectivity index (χ2v) is 34.4. The first-order valence-corrected chi connectivity index (χ1v) is 28.3. The van der Waals surface area contributed by atoms with Crippen LogP contribution in [0.5, 0.6) is 5.75 Å². The van der Waals surface area contributed by atoms with E-state index in [2.05, 4.69) is 121 Å². The molecule has 0 saturated carbocycles. The maximum absolute atomic E-state index is 11.6. The third kappa shape index (κ3) is 13.0. The lowest BCUT2D eigenvalue weighted by Crippen LogP contribution is -2.60. The van der Waals surface area contributed by atoms with E-state index < -0.39 is 37.2 Å². The summed E-state index contributed by atoms with van der Waals surface area (Å²) in [5.74, 6) is 3.60. The van der Waals surface area contributed by atoms with Crippen LogP contribution < -0.4 is 4.74 Å². The van der Waals surface area contributed by atoms with Crippen LogP contribution in [0.2, 0.25) is 54.4 Å². The summed E-state index contributed by atoms with van der Waals surface area (Å²) in [6, 6.07) is 7.79. The van der Waals surface area contributed by atoms with E-state index in [-0.39, 0.29) is 51.4 Å². The van der Waals surface area contributed by atoms with Gasteiger partial charge in [0.25, 0.3) is 0 Å². The van der Waals surface area contributed by atoms with E-state index in [1.165, 1.54) is 0 Å². The number of benzene rings is 1. The molecule has 10 heteroatoms. The van der Waals surface area contributed by atoms with Gasteiger partial charge in [0.15, 0.2) is 25.0 Å². The van der Waals surface area contributed by atoms with E-state index in [0.717, 1.165) is 17.7 Å². The SMILES string of the molecule is C#CC(OCc1ccc(OC)cc1)C(C)CC(O)CC(C)[C@@H]1O[C@H](CO[Si](C)(C)C(C)(C)C)[C@H](O[Si](C)(C)C(C)(C)C)C[C@@H]1O[Si](C)(C)C(C)(C)C. The predicted molar refractivity (Wildman–Crippen MR) is 225 cm³/mol. The van der Waals surface area contributed by atoms with Crippen molar-refractivity contribution < 1.29 is 32.6 Å². The van der Waals surface area contributed by atoms with Crippen LogP contribution in [0, 0.1) is 24.2 Å². The molecule has 4 unspecified atom stereocenters. The number of rotatable bonds is 17. The highest BCUT2D eigenvalue weighted by Gasteiger charge is 2.50. The maximum atomic E-state index is 11.6. The van der Waals surface area contributed by atoms with Gasteiger partial charge in [-0.1, -0.05) is 94.2 Å². The van der Waals surface area contributed by atoms with Crippen molar-refractivity contribution in [2.45, 2.75) is 193 Å². The lowest BCUT2D eigenvalue weighted by atomic mass is 9.85. The Hall–Kier alpha value is -1.01. The normalized spacial score (nSPS) is 23.4. The number of ether oxygens (including phenoxy) is 3. The van der Waals surface area contributed by atoms with Crippen LogP contribution in [0.15, 0.2) is 24.3 Å². The quantitative estimate of drug-likeness (QED) is 0.125. The maximum Gasteiger partial charge on any atom is 0.192 e. The van der Waals surface area contributed by atoms with Crippen LogP contribution in [0.25, 0.3) is 0 Å². The molecule has 1 aromatic carbocycles. The van der Waals surface area contributed by atoms with Crippen LogP contribution in [0.4, 0.5) is 0 Å². The van der Waals surface area contributed by atoms with Crippen LogP contribution >= 0.6 is 0 Å². The molecule has 300 valence electrons. The summed E-state index contributed by atoms with van der Waals surface area (Å²) in [6.45, 7) is 39.5. The van der Waals surface area contributed by atoms with E-state index in [1.54, 1.807) is 7.11 Å². The number of terminal acetylenes is 1. The highest BCUT2D eigenvalue weighted by atomic mass is 28.4. The van der Waals surface area contributed by atoms with Gasteiger partial charge in [0, 0.05) is 6.42 Å². The van der Waals surface area contributed by atoms with E-state index in [0.29, 0.717) is 26.1 Å². The molecule has 0 bridgehead atoms. The molecule has 8 atom stereocenters. The summed E-state index contributed by atoms with van der Waals surface area (Å²) < 4.78 is 39.9. The van der Waals surface area contributed by atoms with Gasteiger partial charge >= 0.3 is 0 Å². The van der Waals surface area contributed by atoms with E-state index in [1.807, 2.05) is 24.3 Å². The average molecular weight is 779 g/mol. The first-order valence-electron chi connectivity index (χ1n) is 19.6. The number of hydrogen-bond donors (Lipinski definition) is 1. The van der Waals surface area contributed by atoms with Gasteiger partial charge < -0.3 is 32.6 Å². The molecule has 0 aromatic heterocycles. The first-order chi connectivity index (χ1) is 23.5. The molecule has 1 aromatic rings. The molecular weight excluding hydrogens is 701 g/mol. The van der Waals surface area contributed by atoms with Gasteiger partial charge in [-0.2, -0.15) is 0 Å². The highest BCUT2D eigenvalue weighted by molar-refractivity contribution is 6.75. The molecule has 1 fully saturated rings. The lowest BCUT2D eigenvalue weighted by Gasteiger charge is -2.51. The molecule has 1 heterocycles. The lowest BCUT2D eigenvalue weighted by molar-refractivity contribution is -0.187. The highest BCUT2D eigenvalue weighted by Crippen LogP contribution is 2.44. The molecule has 0 amide bonds. The van der Waals surface area contributed by atoms with E-state index in [4.69, 9.17) is 33.9 Å². The monoisotopic (exact) mass is 779 g/mol. The number of aliphatic hydroxyl groups excluding tert-OH is 1. The third-order valence-electron chi connectivity index (χ3n) is 12.6. The Kier molecular flexibility index (Phi) is 16.6. The van der Waals surface area contributed by atoms with Gasteiger partial charge in [-0.3, -0.25) is 0 Å². The molecule has 1 aliphatic rings. The molecule has 1 saturated heterocycles. The largest absolute Gasteiger partial charge is 0.497 e. The fourth-order valence-electron chi connectivity index (χ4n) is 5.89. The molecule has 1 N–H and O–H groups in total. The molecule has 0 spiro atoms. The first kappa shape index (κ1) is 47.1. The van der Waals surface area contributed by atoms with Crippen molar-refractivity contribution in [2.75, 3.05) is 13.7 Å². The van der Waals surface area contributed by atoms with Gasteiger partial charge in [0.05, 0.1) is 44.7 Å². The van der Waals surface area contributed by atoms with Crippen molar-refractivity contribution in [1.29, 1.82) is 0 Å². The predicted octanol–water partition coefficient (Wildman–Crippen LogP) is 10.6. The Balaban J connectivity index is 2.34. The van der Waals surface area contributed by atoms with Crippen molar-refractivity contribution in [2.24, 2.45) is 11.8 Å². The Morgan fingerprint density at radius 1 is 0.808 bits per heavy atom. The number of methoxy groups -OCH3 is 1. The summed E-state index contributed by atoms with van der Waals surface area (Å²) >= 11 is 0. The average Bonchev–Trinajstić information content (AvgIpc) is 2.99. The van der Waals surface area contributed by atoms with Gasteiger partial charge in [0.1, 0.15) is 18.0 Å². The second kappa shape index (κ2) is 18.3. The summed E-state index contributed by atoms with van der Waals surface area (Å²) in [4.78, 5) is 0. The fourth-order valence-corrected chi connectivity index (χ4v) is 9.61. The molecule has 0 radical (unpaired) electrons. The van der Waals surface area contributed by atoms with Gasteiger partial charge in [-0.15, -0.1) is 6.42 Å². The minimum absolute atomic E-state index is 0.0191. The van der Waals surface area contributed by atoms with Crippen molar-refractivity contribution in [1.82, 2.24) is 0 Å². The topological polar surface area (TPSA) is 75.6 Å². The standard InChI is InChI=1S/C42H78O7Si3/c1-20-35(45-28-32-21-23-34(44-13)24-22-32)30(2)25-33(43)26-31(3)39-37(49-52(18,19)42(10,11)12)27-36(48-51(16,17)41(7,8)9)38(47-39)29-46-50(14,15)40(4,5)6/h1,21-24,30-31,33,35-39,43H,25-29H2,2-19H3/t30?,31?,33?,35?,36-,37+,38-,39+/m1/s1. The Morgan fingerprint density at radius 3 is 1.77 bits per heavy atom. The molecular formula is C42H78O7Si3. The zero-order chi connectivity index (χ0) is 40.1. The van der Waals surface area contributed by atoms with Crippen molar-refractivity contribution >= 4 is 25.0 Å². The fraction of sp³-hybridized carbons (Fsp3) is 0.810. The van der Waals surface area contributed by atoms with Gasteiger partial charge in [-0.25, -0.2) is 0 Å². The minimum atomic E-state index is -2.19. The Bertz CT molecular complexity index is 1270. The van der Waals surface area contributed by atoms with Crippen LogP contribution in [0.1, 0.15) is 101 Å². The minimum Gasteiger partial charge on any atom is -0.497 e. The van der Waals surface area contributed by atoms with Gasteiger partial charge in [-0.05, 0) is 96.8 Å². The molecule has 0 aliphatic carbocycles. The Morgan fingerprint density at radius 2 is 1.31 bits per heavy atom. The van der Waals surface area contributed by atoms with Crippen LogP contribution in [-0.2, 0) is 29.4 Å². The summed E-state index contributed by atoms with van der Waals surface area (Å²) in [7, 11) is -4.74. The molecule has 2 rings (SSSR count). The zero-order valence-electron chi connectivity index (χ0n) is 36.4. The van der Waals surface area contributed by atoms with E-state index in [9.17, 15) is 5.11 Å². The van der Waals surface area contributed by atoms with Crippen molar-refractivity contribution in [3.63, 3.8) is 0 Å². The van der Waals surface area contributed by atoms with Crippen molar-refractivity contribution in [3.8, 4) is 18.1 Å².